The van der Waals surface area contributed by atoms with Crippen molar-refractivity contribution in [2.24, 2.45) is 0 Å². The Hall–Kier alpha value is -3.29. The van der Waals surface area contributed by atoms with Gasteiger partial charge in [-0.3, -0.25) is 4.90 Å². The van der Waals surface area contributed by atoms with Crippen LogP contribution in [0, 0.1) is 6.92 Å². The van der Waals surface area contributed by atoms with Gasteiger partial charge in [-0.1, -0.05) is 12.1 Å². The Labute approximate surface area is 263 Å². The van der Waals surface area contributed by atoms with Crippen molar-refractivity contribution in [3.05, 3.63) is 64.2 Å². The largest absolute Gasteiger partial charge is 0.479 e. The third-order valence-electron chi connectivity index (χ3n) is 6.92. The number of alkyl halides is 3. The van der Waals surface area contributed by atoms with E-state index in [1.807, 2.05) is 39.8 Å². The van der Waals surface area contributed by atoms with E-state index >= 15 is 0 Å². The van der Waals surface area contributed by atoms with E-state index in [2.05, 4.69) is 10.2 Å². The highest BCUT2D eigenvalue weighted by Gasteiger charge is 2.30. The summed E-state index contributed by atoms with van der Waals surface area (Å²) in [6, 6.07) is 10.5. The summed E-state index contributed by atoms with van der Waals surface area (Å²) in [7, 11) is 0. The van der Waals surface area contributed by atoms with E-state index < -0.39 is 23.8 Å². The molecule has 0 radical (unpaired) electrons. The average Bonchev–Trinajstić information content (AvgIpc) is 3.34. The first kappa shape index (κ1) is 33.6. The zero-order valence-corrected chi connectivity index (χ0v) is 27.0. The molecule has 1 fully saturated rings. The molecule has 2 N–H and O–H groups in total. The molecule has 238 valence electrons. The van der Waals surface area contributed by atoms with Crippen LogP contribution >= 0.6 is 23.1 Å². The summed E-state index contributed by atoms with van der Waals surface area (Å²) in [5.41, 5.74) is 1.26. The predicted octanol–water partition coefficient (Wildman–Crippen LogP) is 6.91. The number of ether oxygens (including phenoxy) is 1. The molecular weight excluding hydrogens is 613 g/mol. The van der Waals surface area contributed by atoms with Crippen LogP contribution in [0.1, 0.15) is 49.4 Å². The molecule has 1 aliphatic rings. The molecule has 0 spiro atoms. The van der Waals surface area contributed by atoms with Gasteiger partial charge in [0.25, 0.3) is 0 Å². The van der Waals surface area contributed by atoms with Gasteiger partial charge in [0.15, 0.2) is 6.10 Å². The third kappa shape index (κ3) is 9.12. The first-order valence-corrected chi connectivity index (χ1v) is 16.0. The van der Waals surface area contributed by atoms with Crippen molar-refractivity contribution < 1.29 is 32.6 Å². The van der Waals surface area contributed by atoms with Crippen molar-refractivity contribution in [2.45, 2.75) is 69.6 Å². The van der Waals surface area contributed by atoms with Gasteiger partial charge in [-0.05, 0) is 70.5 Å². The highest BCUT2D eigenvalue weighted by Crippen LogP contribution is 2.36. The summed E-state index contributed by atoms with van der Waals surface area (Å²) in [5, 5.41) is 12.8. The molecule has 1 saturated heterocycles. The number of carbonyl (C=O) groups is 2. The zero-order chi connectivity index (χ0) is 32.2. The fraction of sp³-hybridized carbons (Fsp3) is 0.452. The Morgan fingerprint density at radius 2 is 1.75 bits per heavy atom. The van der Waals surface area contributed by atoms with E-state index in [4.69, 9.17) is 14.8 Å². The predicted molar refractivity (Wildman–Crippen MR) is 166 cm³/mol. The lowest BCUT2D eigenvalue weighted by Crippen LogP contribution is -2.54. The van der Waals surface area contributed by atoms with Crippen LogP contribution in [-0.2, 0) is 23.3 Å². The summed E-state index contributed by atoms with van der Waals surface area (Å²) in [5.74, 6) is 0.0499. The number of carboxylic acid groups (broad SMARTS) is 1. The Morgan fingerprint density at radius 1 is 1.09 bits per heavy atom. The van der Waals surface area contributed by atoms with E-state index in [0.29, 0.717) is 54.8 Å². The number of nitrogens with zero attached hydrogens (tertiary/aromatic N) is 3. The van der Waals surface area contributed by atoms with E-state index in [1.165, 1.54) is 30.4 Å². The van der Waals surface area contributed by atoms with Gasteiger partial charge in [0.1, 0.15) is 10.8 Å². The number of benzene rings is 2. The highest BCUT2D eigenvalue weighted by atomic mass is 32.2. The second-order valence-electron chi connectivity index (χ2n) is 11.7. The summed E-state index contributed by atoms with van der Waals surface area (Å²) >= 11 is 3.05. The number of rotatable bonds is 9. The molecule has 44 heavy (non-hydrogen) atoms. The van der Waals surface area contributed by atoms with E-state index in [-0.39, 0.29) is 11.6 Å². The average molecular weight is 651 g/mol. The van der Waals surface area contributed by atoms with Gasteiger partial charge in [0.2, 0.25) is 0 Å². The van der Waals surface area contributed by atoms with Gasteiger partial charge < -0.3 is 20.1 Å². The lowest BCUT2D eigenvalue weighted by molar-refractivity contribution is -0.144. The number of carbonyl (C=O) groups excluding carboxylic acids is 1. The second-order valence-corrected chi connectivity index (χ2v) is 13.9. The molecule has 1 unspecified atom stereocenters. The number of thiazole rings is 1. The summed E-state index contributed by atoms with van der Waals surface area (Å²) in [6.07, 6.45) is -5.38. The maximum atomic E-state index is 13.1. The van der Waals surface area contributed by atoms with Crippen molar-refractivity contribution in [1.29, 1.82) is 0 Å². The lowest BCUT2D eigenvalue weighted by Gasteiger charge is -2.36. The van der Waals surface area contributed by atoms with Gasteiger partial charge in [0, 0.05) is 59.4 Å². The van der Waals surface area contributed by atoms with Crippen LogP contribution in [0.4, 0.5) is 18.0 Å². The molecule has 0 aliphatic carbocycles. The molecule has 8 nitrogen and oxygen atoms in total. The Bertz CT molecular complexity index is 1460. The molecule has 1 atom stereocenters. The number of aryl methyl sites for hydroxylation is 1. The molecule has 0 saturated carbocycles. The van der Waals surface area contributed by atoms with Gasteiger partial charge in [-0.15, -0.1) is 23.1 Å². The van der Waals surface area contributed by atoms with Crippen molar-refractivity contribution in [3.8, 4) is 16.3 Å². The number of carboxylic acids is 1. The first-order valence-electron chi connectivity index (χ1n) is 14.2. The second kappa shape index (κ2) is 13.8. The number of halogens is 3. The number of hydrogen-bond donors (Lipinski definition) is 2. The SMILES string of the molecule is Cc1cc(SCc2sc(-c3ccc(C(F)(F)F)cc3)nc2CN2CCN(C(=O)NC(C)(C)C)CC2)ccc1OC(C)C(=O)O. The van der Waals surface area contributed by atoms with Crippen LogP contribution in [0.15, 0.2) is 47.4 Å². The number of amides is 2. The van der Waals surface area contributed by atoms with Gasteiger partial charge in [0.05, 0.1) is 11.3 Å². The summed E-state index contributed by atoms with van der Waals surface area (Å²) in [6.45, 7) is 12.2. The minimum absolute atomic E-state index is 0.0865. The van der Waals surface area contributed by atoms with Gasteiger partial charge in [-0.25, -0.2) is 14.6 Å². The van der Waals surface area contributed by atoms with Gasteiger partial charge in [-0.2, -0.15) is 13.2 Å². The van der Waals surface area contributed by atoms with Crippen molar-refractivity contribution in [2.75, 3.05) is 26.2 Å². The van der Waals surface area contributed by atoms with Crippen LogP contribution in [0.25, 0.3) is 10.6 Å². The molecule has 2 amide bonds. The molecule has 13 heteroatoms. The maximum Gasteiger partial charge on any atom is 0.416 e. The fourth-order valence-electron chi connectivity index (χ4n) is 4.50. The highest BCUT2D eigenvalue weighted by molar-refractivity contribution is 7.98. The minimum Gasteiger partial charge on any atom is -0.479 e. The molecular formula is C31H37F3N4O4S2. The molecule has 3 aromatic rings. The van der Waals surface area contributed by atoms with Crippen LogP contribution in [0.5, 0.6) is 5.75 Å². The quantitative estimate of drug-likeness (QED) is 0.243. The summed E-state index contributed by atoms with van der Waals surface area (Å²) in [4.78, 5) is 34.7. The van der Waals surface area contributed by atoms with Crippen LogP contribution in [0.2, 0.25) is 0 Å². The number of aromatic nitrogens is 1. The zero-order valence-electron chi connectivity index (χ0n) is 25.3. The lowest BCUT2D eigenvalue weighted by atomic mass is 10.1. The fourth-order valence-corrected chi connectivity index (χ4v) is 6.67. The number of aliphatic carboxylic acids is 1. The van der Waals surface area contributed by atoms with Crippen molar-refractivity contribution in [3.63, 3.8) is 0 Å². The number of hydrogen-bond acceptors (Lipinski definition) is 7. The van der Waals surface area contributed by atoms with Crippen LogP contribution in [-0.4, -0.2) is 69.7 Å². The molecule has 2 aromatic carbocycles. The Morgan fingerprint density at radius 3 is 2.32 bits per heavy atom. The van der Waals surface area contributed by atoms with Crippen molar-refractivity contribution in [1.82, 2.24) is 20.1 Å². The van der Waals surface area contributed by atoms with Gasteiger partial charge >= 0.3 is 18.2 Å². The number of nitrogens with one attached hydrogen (secondary N) is 1. The Kier molecular flexibility index (Phi) is 10.5. The molecule has 1 aliphatic heterocycles. The molecule has 2 heterocycles. The molecule has 0 bridgehead atoms. The van der Waals surface area contributed by atoms with Crippen LogP contribution < -0.4 is 10.1 Å². The molecule has 4 rings (SSSR count). The third-order valence-corrected chi connectivity index (χ3v) is 9.27. The monoisotopic (exact) mass is 650 g/mol. The number of thioether (sulfide) groups is 1. The smallest absolute Gasteiger partial charge is 0.416 e. The first-order chi connectivity index (χ1) is 20.6. The maximum absolute atomic E-state index is 13.1. The van der Waals surface area contributed by atoms with E-state index in [9.17, 15) is 22.8 Å². The number of urea groups is 1. The van der Waals surface area contributed by atoms with E-state index in [0.717, 1.165) is 33.2 Å². The van der Waals surface area contributed by atoms with Crippen molar-refractivity contribution >= 4 is 35.1 Å². The standard InChI is InChI=1S/C31H37F3N4O4S2/c1-19-16-23(10-11-25(19)42-20(2)28(39)40)43-18-26-24(17-37-12-14-38(15-13-37)29(41)36-30(3,4)5)35-27(44-26)21-6-8-22(9-7-21)31(32,33)34/h6-11,16,20H,12-15,17-18H2,1-5H3,(H,36,41)(H,39,40). The minimum atomic E-state index is -4.41. The topological polar surface area (TPSA) is 95.0 Å². The Balaban J connectivity index is 1.50. The number of piperazine rings is 1. The molecule has 1 aromatic heterocycles. The normalized spacial score (nSPS) is 15.2. The summed E-state index contributed by atoms with van der Waals surface area (Å²) < 4.78 is 44.9. The van der Waals surface area contributed by atoms with Crippen LogP contribution in [0.3, 0.4) is 0 Å². The van der Waals surface area contributed by atoms with E-state index in [1.54, 1.807) is 22.7 Å².